The van der Waals surface area contributed by atoms with Gasteiger partial charge >= 0.3 is 0 Å². The van der Waals surface area contributed by atoms with E-state index in [1.165, 1.54) is 0 Å². The summed E-state index contributed by atoms with van der Waals surface area (Å²) in [7, 11) is 0. The van der Waals surface area contributed by atoms with Gasteiger partial charge < -0.3 is 0 Å². The van der Waals surface area contributed by atoms with Crippen molar-refractivity contribution in [1.82, 2.24) is 0 Å². The second-order valence-electron chi connectivity index (χ2n) is 0. The van der Waals surface area contributed by atoms with Crippen LogP contribution in [0.5, 0.6) is 0 Å². The van der Waals surface area contributed by atoms with Crippen LogP contribution in [0.25, 0.3) is 0 Å². The van der Waals surface area contributed by atoms with Gasteiger partial charge in [0.1, 0.15) is 0 Å². The molecule has 6 radical (unpaired) electrons. The minimum atomic E-state index is 0. The van der Waals surface area contributed by atoms with Crippen LogP contribution in [0.2, 0.25) is 0 Å². The van der Waals surface area contributed by atoms with Gasteiger partial charge in [-0.05, 0) is 0 Å². The smallest absolute Gasteiger partial charge is 0 e. The Morgan fingerprint density at radius 3 is 1.00 bits per heavy atom. The van der Waals surface area contributed by atoms with Crippen LogP contribution < -0.4 is 0 Å². The topological polar surface area (TPSA) is 0 Å². The molecule has 0 aromatic heterocycles. The average Bonchev–Trinajstić information content (AvgIpc) is 0. The average molecular weight is 350 g/mol. The van der Waals surface area contributed by atoms with Gasteiger partial charge in [0, 0.05) is 99.9 Å². The summed E-state index contributed by atoms with van der Waals surface area (Å²) in [6.45, 7) is 0. The molecular weight excluding hydrogens is 350 g/mol. The van der Waals surface area contributed by atoms with Crippen LogP contribution in [0.3, 0.4) is 0 Å². The Morgan fingerprint density at radius 1 is 1.00 bits per heavy atom. The molecule has 0 aromatic rings. The Hall–Kier alpha value is 2.92. The molecule has 0 aliphatic carbocycles. The third-order valence-corrected chi connectivity index (χ3v) is 0. The van der Waals surface area contributed by atoms with Gasteiger partial charge in [0.2, 0.25) is 0 Å². The molecule has 6 heteroatoms. The van der Waals surface area contributed by atoms with Crippen molar-refractivity contribution in [3.8, 4) is 0 Å². The van der Waals surface area contributed by atoms with Crippen molar-refractivity contribution in [2.75, 3.05) is 0 Å². The maximum atomic E-state index is 0. The minimum absolute atomic E-state index is 0. The van der Waals surface area contributed by atoms with E-state index in [9.17, 15) is 0 Å². The summed E-state index contributed by atoms with van der Waals surface area (Å²) in [6.07, 6.45) is 0. The van der Waals surface area contributed by atoms with E-state index in [2.05, 4.69) is 0 Å². The molecule has 0 saturated carbocycles. The summed E-state index contributed by atoms with van der Waals surface area (Å²) >= 11 is 0. The Labute approximate surface area is 98.5 Å². The molecule has 0 aliphatic heterocycles. The van der Waals surface area contributed by atoms with Crippen LogP contribution in [0, 0.1) is 0 Å². The summed E-state index contributed by atoms with van der Waals surface area (Å²) in [5, 5.41) is 0. The largest absolute Gasteiger partial charge is 0 e. The molecule has 0 N–H and O–H groups in total. The summed E-state index contributed by atoms with van der Waals surface area (Å²) in [4.78, 5) is 0. The van der Waals surface area contributed by atoms with Gasteiger partial charge in [0.15, 0.2) is 0 Å². The molecule has 6 heavy (non-hydrogen) atoms. The van der Waals surface area contributed by atoms with Crippen LogP contribution in [0.1, 0.15) is 0 Å². The van der Waals surface area contributed by atoms with Gasteiger partial charge in [-0.15, -0.1) is 0 Å². The SMILES string of the molecule is [B].[Co].[Cu].[Mn].[Mo].[Zn]. The molecule has 0 bridgehead atoms. The Kier molecular flexibility index (Phi) is 486. The number of hydrogen-bond acceptors (Lipinski definition) is 0. The molecular formula is BCoCuMnMoZn. The third-order valence-electron chi connectivity index (χ3n) is 0. The quantitative estimate of drug-likeness (QED) is 0.523. The zero-order valence-corrected chi connectivity index (χ0v) is 10.8. The van der Waals surface area contributed by atoms with Crippen LogP contribution in [0.4, 0.5) is 0 Å². The van der Waals surface area contributed by atoms with Gasteiger partial charge in [-0.3, -0.25) is 0 Å². The third kappa shape index (κ3) is 28.4. The predicted molar refractivity (Wildman–Crippen MR) is 5.75 cm³/mol. The summed E-state index contributed by atoms with van der Waals surface area (Å²) < 4.78 is 0. The molecule has 0 unspecified atom stereocenters. The normalized spacial score (nSPS) is 0. The van der Waals surface area contributed by atoms with E-state index in [0.29, 0.717) is 0 Å². The zero-order valence-electron chi connectivity index (χ0n) is 2.71. The van der Waals surface area contributed by atoms with E-state index in [1.54, 1.807) is 0 Å². The van der Waals surface area contributed by atoms with E-state index in [0.717, 1.165) is 0 Å². The molecule has 38 valence electrons. The van der Waals surface area contributed by atoms with E-state index in [1.807, 2.05) is 0 Å². The molecule has 0 saturated heterocycles. The first-order chi connectivity index (χ1) is 0. The van der Waals surface area contributed by atoms with E-state index in [4.69, 9.17) is 0 Å². The van der Waals surface area contributed by atoms with Gasteiger partial charge in [-0.1, -0.05) is 0 Å². The van der Waals surface area contributed by atoms with Gasteiger partial charge in [-0.25, -0.2) is 0 Å². The first kappa shape index (κ1) is 65.6. The fourth-order valence-corrected chi connectivity index (χ4v) is 0. The summed E-state index contributed by atoms with van der Waals surface area (Å²) in [5.41, 5.74) is 0. The zero-order chi connectivity index (χ0) is 0. The van der Waals surface area contributed by atoms with E-state index < -0.39 is 0 Å². The Bertz CT molecular complexity index is 15.5. The molecule has 0 heterocycles. The van der Waals surface area contributed by atoms with E-state index >= 15 is 0 Å². The number of rotatable bonds is 0. The maximum Gasteiger partial charge on any atom is 0 e. The van der Waals surface area contributed by atoms with Crippen LogP contribution in [-0.4, -0.2) is 8.41 Å². The van der Waals surface area contributed by atoms with Gasteiger partial charge in [0.25, 0.3) is 0 Å². The second-order valence-corrected chi connectivity index (χ2v) is 0. The fraction of sp³-hybridized carbons (Fsp3) is 0. The monoisotopic (exact) mass is 350 g/mol. The molecule has 0 fully saturated rings. The van der Waals surface area contributed by atoms with Crippen LogP contribution in [-0.2, 0) is 91.5 Å². The van der Waals surface area contributed by atoms with Gasteiger partial charge in [0.05, 0.1) is 0 Å². The molecule has 0 amide bonds. The standard InChI is InChI=1S/B.Co.Cu.Mn.Mo.Zn. The second kappa shape index (κ2) is 44.5. The first-order valence-electron chi connectivity index (χ1n) is 0. The van der Waals surface area contributed by atoms with Crippen molar-refractivity contribution >= 4 is 8.41 Å². The predicted octanol–water partition coefficient (Wildman–Crippen LogP) is -0.393. The summed E-state index contributed by atoms with van der Waals surface area (Å²) in [5.74, 6) is 0. The molecule has 0 aromatic carbocycles. The molecule has 0 nitrogen and oxygen atoms in total. The Morgan fingerprint density at radius 2 is 1.00 bits per heavy atom. The molecule has 0 spiro atoms. The van der Waals surface area contributed by atoms with Crippen LogP contribution >= 0.6 is 0 Å². The van der Waals surface area contributed by atoms with Crippen molar-refractivity contribution in [3.05, 3.63) is 0 Å². The van der Waals surface area contributed by atoms with Crippen molar-refractivity contribution in [1.29, 1.82) is 0 Å². The van der Waals surface area contributed by atoms with Crippen molar-refractivity contribution in [3.63, 3.8) is 0 Å². The van der Waals surface area contributed by atoms with Crippen LogP contribution in [0.15, 0.2) is 0 Å². The minimum Gasteiger partial charge on any atom is 0 e. The maximum absolute atomic E-state index is 0. The summed E-state index contributed by atoms with van der Waals surface area (Å²) in [6, 6.07) is 0. The van der Waals surface area contributed by atoms with Crippen molar-refractivity contribution in [2.24, 2.45) is 0 Å². The molecule has 0 aliphatic rings. The Balaban J connectivity index is 0. The van der Waals surface area contributed by atoms with Crippen molar-refractivity contribution < 1.29 is 91.5 Å². The fourth-order valence-electron chi connectivity index (χ4n) is 0. The van der Waals surface area contributed by atoms with E-state index in [-0.39, 0.29) is 99.9 Å². The molecule has 0 rings (SSSR count). The molecule has 0 atom stereocenters. The van der Waals surface area contributed by atoms with Gasteiger partial charge in [-0.2, -0.15) is 0 Å². The number of hydrogen-bond donors (Lipinski definition) is 0. The van der Waals surface area contributed by atoms with Crippen molar-refractivity contribution in [2.45, 2.75) is 0 Å². The first-order valence-corrected chi connectivity index (χ1v) is 0.